The highest BCUT2D eigenvalue weighted by molar-refractivity contribution is 7.89. The summed E-state index contributed by atoms with van der Waals surface area (Å²) in [5.41, 5.74) is 0. The molecule has 0 aromatic rings. The second-order valence-corrected chi connectivity index (χ2v) is 7.05. The van der Waals surface area contributed by atoms with E-state index in [1.807, 2.05) is 13.8 Å². The van der Waals surface area contributed by atoms with Gasteiger partial charge in [-0.3, -0.25) is 0 Å². The zero-order chi connectivity index (χ0) is 13.6. The smallest absolute Gasteiger partial charge is 0.216 e. The Kier molecular flexibility index (Phi) is 6.55. The first kappa shape index (κ1) is 15.9. The molecule has 0 bridgehead atoms. The van der Waals surface area contributed by atoms with E-state index in [0.717, 1.165) is 19.3 Å². The summed E-state index contributed by atoms with van der Waals surface area (Å²) in [7, 11) is -3.21. The van der Waals surface area contributed by atoms with E-state index in [9.17, 15) is 8.42 Å². The van der Waals surface area contributed by atoms with Crippen molar-refractivity contribution >= 4 is 10.0 Å². The van der Waals surface area contributed by atoms with Crippen LogP contribution in [-0.4, -0.2) is 55.5 Å². The predicted octanol–water partition coefficient (Wildman–Crippen LogP) is 0.978. The van der Waals surface area contributed by atoms with Crippen molar-refractivity contribution in [3.8, 4) is 0 Å². The van der Waals surface area contributed by atoms with Crippen LogP contribution in [0.15, 0.2) is 0 Å². The summed E-state index contributed by atoms with van der Waals surface area (Å²) in [5.74, 6) is 0.0564. The van der Waals surface area contributed by atoms with Crippen LogP contribution in [0, 0.1) is 0 Å². The average Bonchev–Trinajstić information content (AvgIpc) is 2.74. The highest BCUT2D eigenvalue weighted by atomic mass is 32.2. The van der Waals surface area contributed by atoms with Crippen molar-refractivity contribution < 1.29 is 18.3 Å². The van der Waals surface area contributed by atoms with E-state index < -0.39 is 10.0 Å². The van der Waals surface area contributed by atoms with Crippen LogP contribution >= 0.6 is 0 Å². The molecule has 1 rings (SSSR count). The molecule has 1 N–H and O–H groups in total. The van der Waals surface area contributed by atoms with Gasteiger partial charge in [-0.15, -0.1) is 0 Å². The fourth-order valence-corrected chi connectivity index (χ4v) is 3.91. The maximum atomic E-state index is 12.2. The molecule has 18 heavy (non-hydrogen) atoms. The van der Waals surface area contributed by atoms with Crippen molar-refractivity contribution in [3.63, 3.8) is 0 Å². The molecule has 1 unspecified atom stereocenters. The first-order valence-corrected chi connectivity index (χ1v) is 8.30. The molecule has 1 aliphatic heterocycles. The molecule has 1 aliphatic rings. The molecule has 0 aromatic heterocycles. The molecule has 0 aliphatic carbocycles. The van der Waals surface area contributed by atoms with Gasteiger partial charge in [-0.25, -0.2) is 8.42 Å². The first-order chi connectivity index (χ1) is 8.47. The van der Waals surface area contributed by atoms with Crippen molar-refractivity contribution in [1.29, 1.82) is 0 Å². The Balaban J connectivity index is 2.49. The topological polar surface area (TPSA) is 66.8 Å². The third kappa shape index (κ3) is 4.84. The summed E-state index contributed by atoms with van der Waals surface area (Å²) < 4.78 is 31.3. The van der Waals surface area contributed by atoms with E-state index in [-0.39, 0.29) is 31.1 Å². The minimum Gasteiger partial charge on any atom is -0.396 e. The third-order valence-electron chi connectivity index (χ3n) is 3.17. The first-order valence-electron chi connectivity index (χ1n) is 6.69. The lowest BCUT2D eigenvalue weighted by Gasteiger charge is -2.24. The molecule has 108 valence electrons. The maximum Gasteiger partial charge on any atom is 0.216 e. The van der Waals surface area contributed by atoms with Crippen LogP contribution in [0.2, 0.25) is 0 Å². The van der Waals surface area contributed by atoms with Gasteiger partial charge in [0, 0.05) is 19.2 Å². The van der Waals surface area contributed by atoms with Crippen LogP contribution < -0.4 is 0 Å². The third-order valence-corrected chi connectivity index (χ3v) is 5.05. The standard InChI is InChI=1S/C12H25NO4S/c1-11(2)17-9-10-18(15,16)13-7-3-5-12(13)6-4-8-14/h11-12,14H,3-10H2,1-2H3. The second kappa shape index (κ2) is 7.43. The fourth-order valence-electron chi connectivity index (χ4n) is 2.30. The Morgan fingerprint density at radius 3 is 2.78 bits per heavy atom. The van der Waals surface area contributed by atoms with Crippen molar-refractivity contribution in [3.05, 3.63) is 0 Å². The van der Waals surface area contributed by atoms with E-state index in [1.165, 1.54) is 0 Å². The Labute approximate surface area is 110 Å². The van der Waals surface area contributed by atoms with E-state index >= 15 is 0 Å². The minimum absolute atomic E-state index is 0.0564. The molecule has 6 heteroatoms. The predicted molar refractivity (Wildman–Crippen MR) is 70.9 cm³/mol. The Morgan fingerprint density at radius 2 is 2.17 bits per heavy atom. The molecule has 0 radical (unpaired) electrons. The molecule has 0 amide bonds. The average molecular weight is 279 g/mol. The van der Waals surface area contributed by atoms with E-state index in [4.69, 9.17) is 9.84 Å². The second-order valence-electron chi connectivity index (χ2n) is 5.01. The van der Waals surface area contributed by atoms with Crippen molar-refractivity contribution in [2.45, 2.75) is 51.7 Å². The van der Waals surface area contributed by atoms with Gasteiger partial charge in [-0.1, -0.05) is 0 Å². The van der Waals surface area contributed by atoms with Crippen molar-refractivity contribution in [2.75, 3.05) is 25.5 Å². The van der Waals surface area contributed by atoms with Gasteiger partial charge in [0.05, 0.1) is 18.5 Å². The minimum atomic E-state index is -3.21. The number of rotatable bonds is 8. The quantitative estimate of drug-likeness (QED) is 0.719. The molecular formula is C12H25NO4S. The Bertz CT molecular complexity index is 329. The normalized spacial score (nSPS) is 21.9. The van der Waals surface area contributed by atoms with Crippen molar-refractivity contribution in [1.82, 2.24) is 4.31 Å². The van der Waals surface area contributed by atoms with Gasteiger partial charge < -0.3 is 9.84 Å². The van der Waals surface area contributed by atoms with Gasteiger partial charge in [0.2, 0.25) is 10.0 Å². The molecule has 5 nitrogen and oxygen atoms in total. The van der Waals surface area contributed by atoms with Gasteiger partial charge in [0.1, 0.15) is 0 Å². The summed E-state index contributed by atoms with van der Waals surface area (Å²) in [5, 5.41) is 8.83. The van der Waals surface area contributed by atoms with Crippen LogP contribution in [0.1, 0.15) is 39.5 Å². The zero-order valence-corrected chi connectivity index (χ0v) is 12.2. The van der Waals surface area contributed by atoms with E-state index in [0.29, 0.717) is 13.0 Å². The van der Waals surface area contributed by atoms with Gasteiger partial charge in [0.15, 0.2) is 0 Å². The van der Waals surface area contributed by atoms with Crippen LogP contribution in [0.5, 0.6) is 0 Å². The molecule has 1 atom stereocenters. The fraction of sp³-hybridized carbons (Fsp3) is 1.00. The SMILES string of the molecule is CC(C)OCCS(=O)(=O)N1CCCC1CCCO. The van der Waals surface area contributed by atoms with E-state index in [2.05, 4.69) is 0 Å². The van der Waals surface area contributed by atoms with Gasteiger partial charge in [-0.2, -0.15) is 4.31 Å². The van der Waals surface area contributed by atoms with Crippen LogP contribution in [-0.2, 0) is 14.8 Å². The van der Waals surface area contributed by atoms with Crippen LogP contribution in [0.25, 0.3) is 0 Å². The lowest BCUT2D eigenvalue weighted by Crippen LogP contribution is -2.38. The molecule has 1 saturated heterocycles. The summed E-state index contributed by atoms with van der Waals surface area (Å²) in [6.45, 7) is 4.78. The van der Waals surface area contributed by atoms with Gasteiger partial charge in [0.25, 0.3) is 0 Å². The summed E-state index contributed by atoms with van der Waals surface area (Å²) in [4.78, 5) is 0. The van der Waals surface area contributed by atoms with Crippen LogP contribution in [0.3, 0.4) is 0 Å². The molecule has 1 fully saturated rings. The Morgan fingerprint density at radius 1 is 1.44 bits per heavy atom. The highest BCUT2D eigenvalue weighted by Crippen LogP contribution is 2.24. The number of hydrogen-bond donors (Lipinski definition) is 1. The van der Waals surface area contributed by atoms with Gasteiger partial charge in [-0.05, 0) is 39.5 Å². The largest absolute Gasteiger partial charge is 0.396 e. The number of nitrogens with zero attached hydrogens (tertiary/aromatic N) is 1. The number of hydrogen-bond acceptors (Lipinski definition) is 4. The van der Waals surface area contributed by atoms with Crippen LogP contribution in [0.4, 0.5) is 0 Å². The Hall–Kier alpha value is -0.170. The maximum absolute atomic E-state index is 12.2. The lowest BCUT2D eigenvalue weighted by atomic mass is 10.1. The summed E-state index contributed by atoms with van der Waals surface area (Å²) in [6.07, 6.45) is 3.30. The molecule has 1 heterocycles. The zero-order valence-electron chi connectivity index (χ0n) is 11.3. The molecule has 0 spiro atoms. The molecular weight excluding hydrogens is 254 g/mol. The molecule has 0 saturated carbocycles. The molecule has 0 aromatic carbocycles. The van der Waals surface area contributed by atoms with Gasteiger partial charge >= 0.3 is 0 Å². The van der Waals surface area contributed by atoms with Crippen molar-refractivity contribution in [2.24, 2.45) is 0 Å². The number of aliphatic hydroxyl groups is 1. The number of sulfonamides is 1. The number of aliphatic hydroxyl groups excluding tert-OH is 1. The summed E-state index contributed by atoms with van der Waals surface area (Å²) in [6, 6.07) is 0.0706. The monoisotopic (exact) mass is 279 g/mol. The van der Waals surface area contributed by atoms with E-state index in [1.54, 1.807) is 4.31 Å². The summed E-state index contributed by atoms with van der Waals surface area (Å²) >= 11 is 0. The number of ether oxygens (including phenoxy) is 1. The highest BCUT2D eigenvalue weighted by Gasteiger charge is 2.33. The lowest BCUT2D eigenvalue weighted by molar-refractivity contribution is 0.0906.